The minimum absolute atomic E-state index is 0.0374. The van der Waals surface area contributed by atoms with Crippen LogP contribution in [0.4, 0.5) is 10.1 Å². The van der Waals surface area contributed by atoms with Gasteiger partial charge in [-0.15, -0.1) is 0 Å². The van der Waals surface area contributed by atoms with Gasteiger partial charge in [-0.05, 0) is 42.3 Å². The second-order valence-electron chi connectivity index (χ2n) is 5.24. The summed E-state index contributed by atoms with van der Waals surface area (Å²) < 4.78 is 19.4. The zero-order valence-corrected chi connectivity index (χ0v) is 14.6. The fraction of sp³-hybridized carbons (Fsp3) is 0.235. The van der Waals surface area contributed by atoms with E-state index in [4.69, 9.17) is 22.1 Å². The minimum atomic E-state index is -0.410. The monoisotopic (exact) mass is 364 g/mol. The van der Waals surface area contributed by atoms with Crippen LogP contribution in [-0.2, 0) is 11.2 Å². The number of aromatic nitrogens is 1. The maximum Gasteiger partial charge on any atom is 0.281 e. The molecule has 6 nitrogen and oxygen atoms in total. The number of nitrogens with two attached hydrogens (primary N) is 1. The number of aryl methyl sites for hydroxylation is 1. The van der Waals surface area contributed by atoms with E-state index in [1.54, 1.807) is 25.1 Å². The largest absolute Gasteiger partial charge is 0.465 e. The molecule has 0 aliphatic heterocycles. The summed E-state index contributed by atoms with van der Waals surface area (Å²) in [6.07, 6.45) is 1.67. The number of nitrogens with zero attached hydrogens (tertiary/aromatic N) is 2. The van der Waals surface area contributed by atoms with E-state index in [1.807, 2.05) is 0 Å². The van der Waals surface area contributed by atoms with Crippen LogP contribution >= 0.6 is 11.6 Å². The van der Waals surface area contributed by atoms with Crippen molar-refractivity contribution >= 4 is 29.2 Å². The first-order valence-corrected chi connectivity index (χ1v) is 7.85. The highest BCUT2D eigenvalue weighted by Gasteiger charge is 2.12. The van der Waals surface area contributed by atoms with Crippen LogP contribution < -0.4 is 11.1 Å². The highest BCUT2D eigenvalue weighted by Crippen LogP contribution is 2.20. The number of ether oxygens (including phenoxy) is 1. The van der Waals surface area contributed by atoms with Crippen LogP contribution in [0.25, 0.3) is 0 Å². The van der Waals surface area contributed by atoms with E-state index in [0.29, 0.717) is 21.8 Å². The summed E-state index contributed by atoms with van der Waals surface area (Å²) in [7, 11) is 1.50. The van der Waals surface area contributed by atoms with Crippen molar-refractivity contribution in [3.8, 4) is 0 Å². The number of pyridine rings is 1. The van der Waals surface area contributed by atoms with Crippen molar-refractivity contribution in [2.75, 3.05) is 19.0 Å². The normalized spacial score (nSPS) is 11.3. The number of benzene rings is 1. The molecule has 0 fully saturated rings. The third-order valence-electron chi connectivity index (χ3n) is 3.39. The predicted molar refractivity (Wildman–Crippen MR) is 95.5 cm³/mol. The lowest BCUT2D eigenvalue weighted by Gasteiger charge is -2.11. The molecule has 0 saturated carbocycles. The molecule has 0 aliphatic carbocycles. The lowest BCUT2D eigenvalue weighted by Crippen LogP contribution is -2.18. The van der Waals surface area contributed by atoms with Crippen molar-refractivity contribution in [1.82, 2.24) is 4.98 Å². The van der Waals surface area contributed by atoms with Crippen molar-refractivity contribution in [1.29, 1.82) is 0 Å². The maximum atomic E-state index is 14.2. The van der Waals surface area contributed by atoms with E-state index in [1.165, 1.54) is 19.3 Å². The van der Waals surface area contributed by atoms with Crippen LogP contribution in [0.3, 0.4) is 0 Å². The molecule has 0 spiro atoms. The Bertz CT molecular complexity index is 794. The molecule has 0 saturated heterocycles. The molecule has 132 valence electrons. The molecule has 2 aromatic rings. The first-order valence-electron chi connectivity index (χ1n) is 7.47. The average molecular weight is 365 g/mol. The maximum absolute atomic E-state index is 14.2. The number of amides is 1. The molecule has 8 heteroatoms. The van der Waals surface area contributed by atoms with Crippen LogP contribution in [0, 0.1) is 12.7 Å². The number of hydrogen-bond donors (Lipinski definition) is 2. The van der Waals surface area contributed by atoms with Gasteiger partial charge in [0.25, 0.3) is 11.9 Å². The molecule has 0 aliphatic rings. The highest BCUT2D eigenvalue weighted by atomic mass is 35.5. The highest BCUT2D eigenvalue weighted by molar-refractivity contribution is 6.30. The zero-order valence-electron chi connectivity index (χ0n) is 13.8. The van der Waals surface area contributed by atoms with Gasteiger partial charge in [-0.1, -0.05) is 11.6 Å². The lowest BCUT2D eigenvalue weighted by atomic mass is 10.1. The SMILES string of the molecule is C/N=C(/N)OCCc1cc(NC(=O)c2ccc(Cl)cn2)cc(C)c1F. The fourth-order valence-electron chi connectivity index (χ4n) is 2.13. The van der Waals surface area contributed by atoms with Crippen LogP contribution in [0.15, 0.2) is 35.5 Å². The number of aliphatic imine (C=N–C) groups is 1. The first-order chi connectivity index (χ1) is 11.9. The standard InChI is InChI=1S/C17H18ClFN4O2/c1-10-7-13(23-16(24)14-4-3-12(18)9-22-14)8-11(15(10)19)5-6-25-17(20)21-2/h3-4,7-9H,5-6H2,1-2H3,(H2,20,21)(H,23,24). The van der Waals surface area contributed by atoms with E-state index in [-0.39, 0.29) is 30.6 Å². The van der Waals surface area contributed by atoms with E-state index >= 15 is 0 Å². The molecule has 1 aromatic carbocycles. The molecule has 0 radical (unpaired) electrons. The first kappa shape index (κ1) is 18.7. The van der Waals surface area contributed by atoms with Gasteiger partial charge >= 0.3 is 0 Å². The molecule has 1 heterocycles. The van der Waals surface area contributed by atoms with Gasteiger partial charge in [0.2, 0.25) is 0 Å². The van der Waals surface area contributed by atoms with E-state index in [2.05, 4.69) is 15.3 Å². The number of halogens is 2. The van der Waals surface area contributed by atoms with Crippen molar-refractivity contribution < 1.29 is 13.9 Å². The summed E-state index contributed by atoms with van der Waals surface area (Å²) in [4.78, 5) is 19.8. The Kier molecular flexibility index (Phi) is 6.30. The van der Waals surface area contributed by atoms with Gasteiger partial charge in [0.05, 0.1) is 11.6 Å². The summed E-state index contributed by atoms with van der Waals surface area (Å²) in [6, 6.07) is 6.22. The number of rotatable bonds is 5. The molecular weight excluding hydrogens is 347 g/mol. The Morgan fingerprint density at radius 3 is 2.84 bits per heavy atom. The Morgan fingerprint density at radius 1 is 1.44 bits per heavy atom. The molecule has 0 unspecified atom stereocenters. The van der Waals surface area contributed by atoms with E-state index in [0.717, 1.165) is 0 Å². The second kappa shape index (κ2) is 8.43. The van der Waals surface area contributed by atoms with Gasteiger partial charge in [0.1, 0.15) is 11.5 Å². The third kappa shape index (κ3) is 5.15. The van der Waals surface area contributed by atoms with Gasteiger partial charge in [-0.2, -0.15) is 0 Å². The van der Waals surface area contributed by atoms with Gasteiger partial charge < -0.3 is 15.8 Å². The number of nitrogens with one attached hydrogen (secondary N) is 1. The van der Waals surface area contributed by atoms with Crippen molar-refractivity contribution in [3.05, 3.63) is 58.1 Å². The van der Waals surface area contributed by atoms with Gasteiger partial charge in [-0.3, -0.25) is 4.79 Å². The van der Waals surface area contributed by atoms with Crippen LogP contribution in [0.5, 0.6) is 0 Å². The summed E-state index contributed by atoms with van der Waals surface area (Å²) in [6.45, 7) is 1.80. The Balaban J connectivity index is 2.12. The van der Waals surface area contributed by atoms with Gasteiger partial charge in [-0.25, -0.2) is 14.4 Å². The Hall–Kier alpha value is -2.67. The fourth-order valence-corrected chi connectivity index (χ4v) is 2.24. The van der Waals surface area contributed by atoms with Crippen LogP contribution in [-0.4, -0.2) is 30.6 Å². The summed E-state index contributed by atoms with van der Waals surface area (Å²) >= 11 is 5.75. The molecule has 2 rings (SSSR count). The number of amidine groups is 1. The van der Waals surface area contributed by atoms with Gasteiger partial charge in [0, 0.05) is 25.4 Å². The number of anilines is 1. The summed E-state index contributed by atoms with van der Waals surface area (Å²) in [5, 5.41) is 3.13. The van der Waals surface area contributed by atoms with Gasteiger partial charge in [0.15, 0.2) is 0 Å². The minimum Gasteiger partial charge on any atom is -0.465 e. The Labute approximate surface area is 149 Å². The van der Waals surface area contributed by atoms with Crippen LogP contribution in [0.2, 0.25) is 5.02 Å². The number of hydrogen-bond acceptors (Lipinski definition) is 4. The van der Waals surface area contributed by atoms with Crippen molar-refractivity contribution in [3.63, 3.8) is 0 Å². The van der Waals surface area contributed by atoms with Crippen molar-refractivity contribution in [2.45, 2.75) is 13.3 Å². The van der Waals surface area contributed by atoms with E-state index < -0.39 is 5.91 Å². The molecule has 0 atom stereocenters. The average Bonchev–Trinajstić information content (AvgIpc) is 2.59. The topological polar surface area (TPSA) is 89.6 Å². The smallest absolute Gasteiger partial charge is 0.281 e. The van der Waals surface area contributed by atoms with E-state index in [9.17, 15) is 9.18 Å². The molecule has 1 aromatic heterocycles. The second-order valence-corrected chi connectivity index (χ2v) is 5.68. The molecule has 0 bridgehead atoms. The third-order valence-corrected chi connectivity index (χ3v) is 3.61. The Morgan fingerprint density at radius 2 is 2.20 bits per heavy atom. The number of carbonyl (C=O) groups is 1. The zero-order chi connectivity index (χ0) is 18.4. The quantitative estimate of drug-likeness (QED) is 0.630. The summed E-state index contributed by atoms with van der Waals surface area (Å²) in [5.74, 6) is -0.759. The summed E-state index contributed by atoms with van der Waals surface area (Å²) in [5.41, 5.74) is 6.93. The molecule has 1 amide bonds. The molecule has 3 N–H and O–H groups in total. The lowest BCUT2D eigenvalue weighted by molar-refractivity contribution is 0.102. The molecule has 25 heavy (non-hydrogen) atoms. The van der Waals surface area contributed by atoms with Crippen LogP contribution in [0.1, 0.15) is 21.6 Å². The predicted octanol–water partition coefficient (Wildman–Crippen LogP) is 2.94. The van der Waals surface area contributed by atoms with Crippen molar-refractivity contribution in [2.24, 2.45) is 10.7 Å². The molecular formula is C17H18ClFN4O2. The number of carbonyl (C=O) groups excluding carboxylic acids is 1.